The van der Waals surface area contributed by atoms with Crippen molar-refractivity contribution in [1.82, 2.24) is 9.78 Å². The summed E-state index contributed by atoms with van der Waals surface area (Å²) in [6.45, 7) is 2.08. The van der Waals surface area contributed by atoms with Crippen LogP contribution in [0.3, 0.4) is 0 Å². The molecule has 0 saturated heterocycles. The molecule has 2 atom stereocenters. The van der Waals surface area contributed by atoms with E-state index in [0.29, 0.717) is 5.92 Å². The van der Waals surface area contributed by atoms with E-state index in [1.165, 1.54) is 6.20 Å². The van der Waals surface area contributed by atoms with Crippen LogP contribution in [0.25, 0.3) is 0 Å². The topological polar surface area (TPSA) is 34.9 Å². The van der Waals surface area contributed by atoms with E-state index >= 15 is 0 Å². The molecule has 1 aromatic heterocycles. The van der Waals surface area contributed by atoms with Gasteiger partial charge < -0.3 is 0 Å². The molecule has 1 heterocycles. The van der Waals surface area contributed by atoms with Crippen molar-refractivity contribution in [2.24, 2.45) is 5.92 Å². The van der Waals surface area contributed by atoms with Gasteiger partial charge in [-0.1, -0.05) is 26.2 Å². The summed E-state index contributed by atoms with van der Waals surface area (Å²) in [6, 6.07) is 0.119. The number of Topliss-reactive ketones (excluding diaryl/α,β-unsaturated/α-hetero) is 1. The van der Waals surface area contributed by atoms with Crippen molar-refractivity contribution in [3.63, 3.8) is 0 Å². The van der Waals surface area contributed by atoms with Crippen LogP contribution in [0.4, 0.5) is 13.2 Å². The molecular weight excluding hydrogens is 257 g/mol. The maximum absolute atomic E-state index is 12.3. The minimum absolute atomic E-state index is 0.119. The second kappa shape index (κ2) is 5.35. The number of ketones is 1. The van der Waals surface area contributed by atoms with E-state index in [-0.39, 0.29) is 11.6 Å². The zero-order chi connectivity index (χ0) is 14.0. The van der Waals surface area contributed by atoms with Crippen molar-refractivity contribution >= 4 is 5.78 Å². The van der Waals surface area contributed by atoms with Crippen molar-refractivity contribution in [2.45, 2.75) is 51.2 Å². The molecule has 1 aliphatic rings. The summed E-state index contributed by atoms with van der Waals surface area (Å²) >= 11 is 0. The van der Waals surface area contributed by atoms with Crippen molar-refractivity contribution in [3.8, 4) is 0 Å². The molecule has 0 amide bonds. The Morgan fingerprint density at radius 2 is 2.11 bits per heavy atom. The number of hydrogen-bond donors (Lipinski definition) is 0. The molecule has 1 fully saturated rings. The van der Waals surface area contributed by atoms with Crippen molar-refractivity contribution in [1.29, 1.82) is 0 Å². The summed E-state index contributed by atoms with van der Waals surface area (Å²) in [4.78, 5) is 11.1. The normalized spacial score (nSPS) is 24.4. The molecule has 3 nitrogen and oxygen atoms in total. The molecule has 0 N–H and O–H groups in total. The Hall–Kier alpha value is -1.33. The van der Waals surface area contributed by atoms with Gasteiger partial charge in [-0.25, -0.2) is 0 Å². The van der Waals surface area contributed by atoms with E-state index in [1.807, 2.05) is 0 Å². The summed E-state index contributed by atoms with van der Waals surface area (Å²) in [5.41, 5.74) is -0.368. The number of alkyl halides is 3. The van der Waals surface area contributed by atoms with Gasteiger partial charge in [0.15, 0.2) is 0 Å². The number of carbonyl (C=O) groups is 1. The molecule has 1 aliphatic carbocycles. The van der Waals surface area contributed by atoms with Gasteiger partial charge in [0, 0.05) is 6.20 Å². The Bertz CT molecular complexity index is 453. The van der Waals surface area contributed by atoms with Crippen LogP contribution in [0.1, 0.15) is 55.4 Å². The van der Waals surface area contributed by atoms with Gasteiger partial charge in [-0.3, -0.25) is 9.48 Å². The maximum Gasteiger partial charge on any atom is 0.454 e. The average Bonchev–Trinajstić information content (AvgIpc) is 2.86. The van der Waals surface area contributed by atoms with Crippen LogP contribution in [0.5, 0.6) is 0 Å². The minimum Gasteiger partial charge on any atom is -0.284 e. The van der Waals surface area contributed by atoms with Crippen LogP contribution in [0, 0.1) is 5.92 Å². The summed E-state index contributed by atoms with van der Waals surface area (Å²) < 4.78 is 38.6. The third kappa shape index (κ3) is 2.98. The lowest BCUT2D eigenvalue weighted by Crippen LogP contribution is -2.24. The smallest absolute Gasteiger partial charge is 0.284 e. The Morgan fingerprint density at radius 3 is 2.74 bits per heavy atom. The first-order chi connectivity index (χ1) is 8.93. The lowest BCUT2D eigenvalue weighted by atomic mass is 9.83. The van der Waals surface area contributed by atoms with Crippen LogP contribution in [0.2, 0.25) is 0 Å². The number of nitrogens with zero attached hydrogens (tertiary/aromatic N) is 2. The van der Waals surface area contributed by atoms with Gasteiger partial charge in [-0.15, -0.1) is 0 Å². The fraction of sp³-hybridized carbons (Fsp3) is 0.692. The number of hydrogen-bond acceptors (Lipinski definition) is 2. The molecule has 0 bridgehead atoms. The van der Waals surface area contributed by atoms with Crippen molar-refractivity contribution in [2.75, 3.05) is 0 Å². The van der Waals surface area contributed by atoms with E-state index < -0.39 is 12.0 Å². The fourth-order valence-electron chi connectivity index (χ4n) is 2.81. The third-order valence-corrected chi connectivity index (χ3v) is 3.85. The molecule has 106 valence electrons. The van der Waals surface area contributed by atoms with Crippen LogP contribution < -0.4 is 0 Å². The van der Waals surface area contributed by atoms with Crippen LogP contribution in [-0.4, -0.2) is 21.7 Å². The minimum atomic E-state index is -4.83. The van der Waals surface area contributed by atoms with E-state index in [9.17, 15) is 18.0 Å². The Morgan fingerprint density at radius 1 is 1.42 bits per heavy atom. The second-order valence-electron chi connectivity index (χ2n) is 5.06. The maximum atomic E-state index is 12.3. The monoisotopic (exact) mass is 274 g/mol. The zero-order valence-corrected chi connectivity index (χ0v) is 10.8. The Kier molecular flexibility index (Phi) is 3.96. The lowest BCUT2D eigenvalue weighted by Gasteiger charge is -2.30. The fourth-order valence-corrected chi connectivity index (χ4v) is 2.81. The average molecular weight is 274 g/mol. The summed E-state index contributed by atoms with van der Waals surface area (Å²) in [7, 11) is 0. The molecule has 0 radical (unpaired) electrons. The first-order valence-electron chi connectivity index (χ1n) is 6.59. The summed E-state index contributed by atoms with van der Waals surface area (Å²) in [5, 5.41) is 3.97. The molecule has 6 heteroatoms. The van der Waals surface area contributed by atoms with Crippen LogP contribution in [0.15, 0.2) is 12.4 Å². The third-order valence-electron chi connectivity index (χ3n) is 3.85. The highest BCUT2D eigenvalue weighted by Gasteiger charge is 2.40. The Labute approximate surface area is 109 Å². The molecule has 1 saturated carbocycles. The van der Waals surface area contributed by atoms with E-state index in [4.69, 9.17) is 0 Å². The van der Waals surface area contributed by atoms with E-state index in [1.54, 1.807) is 4.68 Å². The quantitative estimate of drug-likeness (QED) is 0.786. The molecular formula is C13H17F3N2O. The van der Waals surface area contributed by atoms with Gasteiger partial charge in [0.2, 0.25) is 0 Å². The van der Waals surface area contributed by atoms with Crippen LogP contribution in [-0.2, 0) is 0 Å². The number of carbonyl (C=O) groups excluding carboxylic acids is 1. The first kappa shape index (κ1) is 14.1. The number of rotatable bonds is 3. The SMILES string of the molecule is CCC1CCCCC1n1cc(C(=O)C(F)(F)F)cn1. The standard InChI is InChI=1S/C13H17F3N2O/c1-2-9-5-3-4-6-11(9)18-8-10(7-17-18)12(19)13(14,15)16/h7-9,11H,2-6H2,1H3. The lowest BCUT2D eigenvalue weighted by molar-refractivity contribution is -0.0885. The van der Waals surface area contributed by atoms with Crippen molar-refractivity contribution in [3.05, 3.63) is 18.0 Å². The molecule has 2 rings (SSSR count). The molecule has 2 unspecified atom stereocenters. The van der Waals surface area contributed by atoms with Crippen LogP contribution >= 0.6 is 0 Å². The zero-order valence-electron chi connectivity index (χ0n) is 10.8. The number of halogens is 3. The first-order valence-corrected chi connectivity index (χ1v) is 6.59. The predicted molar refractivity (Wildman–Crippen MR) is 63.9 cm³/mol. The highest BCUT2D eigenvalue weighted by atomic mass is 19.4. The van der Waals surface area contributed by atoms with E-state index in [2.05, 4.69) is 12.0 Å². The van der Waals surface area contributed by atoms with Gasteiger partial charge in [0.05, 0.1) is 17.8 Å². The van der Waals surface area contributed by atoms with Crippen molar-refractivity contribution < 1.29 is 18.0 Å². The molecule has 1 aromatic rings. The molecule has 0 spiro atoms. The van der Waals surface area contributed by atoms with Gasteiger partial charge in [-0.05, 0) is 18.8 Å². The molecule has 0 aromatic carbocycles. The summed E-state index contributed by atoms with van der Waals surface area (Å²) in [6.07, 6.45) is 2.63. The van der Waals surface area contributed by atoms with Gasteiger partial charge >= 0.3 is 6.18 Å². The van der Waals surface area contributed by atoms with Gasteiger partial charge in [0.1, 0.15) is 0 Å². The molecule has 19 heavy (non-hydrogen) atoms. The van der Waals surface area contributed by atoms with E-state index in [0.717, 1.165) is 38.3 Å². The predicted octanol–water partition coefficient (Wildman–Crippen LogP) is 3.77. The highest BCUT2D eigenvalue weighted by molar-refractivity contribution is 5.99. The van der Waals surface area contributed by atoms with Gasteiger partial charge in [-0.2, -0.15) is 18.3 Å². The highest BCUT2D eigenvalue weighted by Crippen LogP contribution is 2.35. The number of aromatic nitrogens is 2. The van der Waals surface area contributed by atoms with Gasteiger partial charge in [0.25, 0.3) is 5.78 Å². The summed E-state index contributed by atoms with van der Waals surface area (Å²) in [5.74, 6) is -1.38. The second-order valence-corrected chi connectivity index (χ2v) is 5.06. The Balaban J connectivity index is 2.18. The molecule has 0 aliphatic heterocycles. The largest absolute Gasteiger partial charge is 0.454 e.